The molecular formula is C34H61NO6. The first-order valence-electron chi connectivity index (χ1n) is 17.1. The van der Waals surface area contributed by atoms with Crippen LogP contribution in [0.2, 0.25) is 0 Å². The summed E-state index contributed by atoms with van der Waals surface area (Å²) >= 11 is 0. The fraction of sp³-hybridized carbons (Fsp3) is 0.882. The fourth-order valence-corrected chi connectivity index (χ4v) is 6.14. The van der Waals surface area contributed by atoms with Crippen molar-refractivity contribution in [3.8, 4) is 0 Å². The number of nitrogens with one attached hydrogen (secondary N) is 1. The molecule has 0 aromatic rings. The van der Waals surface area contributed by atoms with Crippen LogP contribution in [0.3, 0.4) is 0 Å². The molecule has 1 amide bonds. The van der Waals surface area contributed by atoms with E-state index in [-0.39, 0.29) is 24.0 Å². The summed E-state index contributed by atoms with van der Waals surface area (Å²) in [6, 6.07) is 0. The van der Waals surface area contributed by atoms with Gasteiger partial charge in [-0.2, -0.15) is 0 Å². The van der Waals surface area contributed by atoms with Crippen LogP contribution in [0.1, 0.15) is 167 Å². The van der Waals surface area contributed by atoms with Gasteiger partial charge in [0.15, 0.2) is 0 Å². The molecule has 0 spiro atoms. The van der Waals surface area contributed by atoms with Gasteiger partial charge in [-0.3, -0.25) is 19.2 Å². The predicted octanol–water partition coefficient (Wildman–Crippen LogP) is 8.48. The summed E-state index contributed by atoms with van der Waals surface area (Å²) < 4.78 is 0. The summed E-state index contributed by atoms with van der Waals surface area (Å²) in [5, 5.41) is 21.0. The molecule has 0 radical (unpaired) electrons. The number of carbonyl (C=O) groups excluding carboxylic acids is 2. The van der Waals surface area contributed by atoms with Crippen LogP contribution in [-0.2, 0) is 19.2 Å². The molecular weight excluding hydrogens is 518 g/mol. The van der Waals surface area contributed by atoms with Crippen molar-refractivity contribution in [2.24, 2.45) is 17.8 Å². The Labute approximate surface area is 250 Å². The van der Waals surface area contributed by atoms with Crippen LogP contribution in [0.15, 0.2) is 0 Å². The highest BCUT2D eigenvalue weighted by molar-refractivity contribution is 5.85. The van der Waals surface area contributed by atoms with Crippen molar-refractivity contribution in [2.75, 3.05) is 6.54 Å². The zero-order valence-electron chi connectivity index (χ0n) is 26.1. The Morgan fingerprint density at radius 1 is 0.659 bits per heavy atom. The molecule has 1 aliphatic carbocycles. The van der Waals surface area contributed by atoms with Crippen molar-refractivity contribution in [2.45, 2.75) is 167 Å². The standard InChI is InChI=1S/C34H61NO6/c1-2-19-30(34(40)41)26-31(36)29-24-22-28(23-25-29)27-35-32(37)20-17-15-13-11-9-7-5-3-4-6-8-10-12-14-16-18-21-33(38)39/h28-30H,2-27H2,1H3,(H,35,37)(H,38,39)(H,40,41). The van der Waals surface area contributed by atoms with Crippen LogP contribution in [0.5, 0.6) is 0 Å². The van der Waals surface area contributed by atoms with Gasteiger partial charge < -0.3 is 15.5 Å². The van der Waals surface area contributed by atoms with Gasteiger partial charge in [-0.15, -0.1) is 0 Å². The number of unbranched alkanes of at least 4 members (excludes halogenated alkanes) is 15. The van der Waals surface area contributed by atoms with E-state index >= 15 is 0 Å². The van der Waals surface area contributed by atoms with E-state index in [0.717, 1.165) is 57.8 Å². The summed E-state index contributed by atoms with van der Waals surface area (Å²) in [4.78, 5) is 46.6. The fourth-order valence-electron chi connectivity index (χ4n) is 6.14. The molecule has 1 atom stereocenters. The lowest BCUT2D eigenvalue weighted by atomic mass is 9.78. The lowest BCUT2D eigenvalue weighted by Gasteiger charge is -2.28. The molecule has 1 aliphatic rings. The zero-order valence-corrected chi connectivity index (χ0v) is 26.1. The Morgan fingerprint density at radius 3 is 1.51 bits per heavy atom. The minimum absolute atomic E-state index is 0.00853. The van der Waals surface area contributed by atoms with Gasteiger partial charge in [0.1, 0.15) is 5.78 Å². The van der Waals surface area contributed by atoms with E-state index in [1.165, 1.54) is 77.0 Å². The monoisotopic (exact) mass is 579 g/mol. The van der Waals surface area contributed by atoms with Crippen LogP contribution in [0.25, 0.3) is 0 Å². The van der Waals surface area contributed by atoms with Gasteiger partial charge in [-0.25, -0.2) is 0 Å². The molecule has 1 unspecified atom stereocenters. The summed E-state index contributed by atoms with van der Waals surface area (Å²) in [6.07, 6.45) is 25.2. The summed E-state index contributed by atoms with van der Waals surface area (Å²) in [5.74, 6) is -1.41. The van der Waals surface area contributed by atoms with E-state index in [2.05, 4.69) is 5.32 Å². The van der Waals surface area contributed by atoms with Crippen molar-refractivity contribution < 1.29 is 29.4 Å². The van der Waals surface area contributed by atoms with E-state index < -0.39 is 17.9 Å². The highest BCUT2D eigenvalue weighted by atomic mass is 16.4. The summed E-state index contributed by atoms with van der Waals surface area (Å²) in [7, 11) is 0. The normalized spacial score (nSPS) is 17.7. The maximum atomic E-state index is 12.6. The molecule has 0 aliphatic heterocycles. The van der Waals surface area contributed by atoms with E-state index in [1.54, 1.807) is 0 Å². The lowest BCUT2D eigenvalue weighted by Crippen LogP contribution is -2.33. The molecule has 0 saturated heterocycles. The van der Waals surface area contributed by atoms with Gasteiger partial charge in [-0.1, -0.05) is 103 Å². The Bertz CT molecular complexity index is 716. The Balaban J connectivity index is 1.89. The van der Waals surface area contributed by atoms with E-state index in [0.29, 0.717) is 31.7 Å². The number of hydrogen-bond donors (Lipinski definition) is 3. The summed E-state index contributed by atoms with van der Waals surface area (Å²) in [6.45, 7) is 2.65. The SMILES string of the molecule is CCCC(CC(=O)C1CCC(CNC(=O)CCCCCCCCCCCCCCCCCCC(=O)O)CC1)C(=O)O. The molecule has 0 bridgehead atoms. The third kappa shape index (κ3) is 20.6. The van der Waals surface area contributed by atoms with Gasteiger partial charge in [0.25, 0.3) is 0 Å². The first-order chi connectivity index (χ1) is 19.8. The molecule has 0 aromatic heterocycles. The number of carbonyl (C=O) groups is 4. The second-order valence-corrected chi connectivity index (χ2v) is 12.6. The van der Waals surface area contributed by atoms with Crippen LogP contribution < -0.4 is 5.32 Å². The zero-order chi connectivity index (χ0) is 30.1. The topological polar surface area (TPSA) is 121 Å². The number of aliphatic carboxylic acids is 2. The van der Waals surface area contributed by atoms with Gasteiger partial charge in [0.2, 0.25) is 5.91 Å². The van der Waals surface area contributed by atoms with Crippen molar-refractivity contribution in [3.63, 3.8) is 0 Å². The van der Waals surface area contributed by atoms with Crippen LogP contribution in [-0.4, -0.2) is 40.4 Å². The molecule has 0 aromatic carbocycles. The predicted molar refractivity (Wildman–Crippen MR) is 165 cm³/mol. The molecule has 41 heavy (non-hydrogen) atoms. The first kappa shape index (κ1) is 37.1. The second kappa shape index (κ2) is 24.7. The van der Waals surface area contributed by atoms with Gasteiger partial charge >= 0.3 is 11.9 Å². The molecule has 7 nitrogen and oxygen atoms in total. The van der Waals surface area contributed by atoms with E-state index in [1.807, 2.05) is 6.92 Å². The number of hydrogen-bond acceptors (Lipinski definition) is 4. The molecule has 1 rings (SSSR count). The molecule has 0 heterocycles. The number of ketones is 1. The number of carboxylic acid groups (broad SMARTS) is 2. The van der Waals surface area contributed by atoms with Crippen LogP contribution >= 0.6 is 0 Å². The minimum atomic E-state index is -0.856. The average Bonchev–Trinajstić information content (AvgIpc) is 2.95. The van der Waals surface area contributed by atoms with Crippen LogP contribution in [0.4, 0.5) is 0 Å². The van der Waals surface area contributed by atoms with E-state index in [9.17, 15) is 24.3 Å². The van der Waals surface area contributed by atoms with Gasteiger partial charge in [-0.05, 0) is 50.9 Å². The Hall–Kier alpha value is -1.92. The molecule has 1 saturated carbocycles. The maximum absolute atomic E-state index is 12.6. The number of carboxylic acids is 2. The number of rotatable bonds is 27. The largest absolute Gasteiger partial charge is 0.481 e. The third-order valence-electron chi connectivity index (χ3n) is 8.87. The minimum Gasteiger partial charge on any atom is -0.481 e. The van der Waals surface area contributed by atoms with Crippen molar-refractivity contribution >= 4 is 23.6 Å². The highest BCUT2D eigenvalue weighted by Crippen LogP contribution is 2.31. The maximum Gasteiger partial charge on any atom is 0.306 e. The highest BCUT2D eigenvalue weighted by Gasteiger charge is 2.29. The third-order valence-corrected chi connectivity index (χ3v) is 8.87. The second-order valence-electron chi connectivity index (χ2n) is 12.6. The molecule has 238 valence electrons. The quantitative estimate of drug-likeness (QED) is 0.0839. The molecule has 1 fully saturated rings. The number of Topliss-reactive ketones (excluding diaryl/α,β-unsaturated/α-hetero) is 1. The summed E-state index contributed by atoms with van der Waals surface area (Å²) in [5.41, 5.74) is 0. The van der Waals surface area contributed by atoms with Gasteiger partial charge in [0.05, 0.1) is 5.92 Å². The smallest absolute Gasteiger partial charge is 0.306 e. The van der Waals surface area contributed by atoms with Crippen molar-refractivity contribution in [1.29, 1.82) is 0 Å². The first-order valence-corrected chi connectivity index (χ1v) is 17.1. The molecule has 7 heteroatoms. The van der Waals surface area contributed by atoms with E-state index in [4.69, 9.17) is 5.11 Å². The average molecular weight is 580 g/mol. The van der Waals surface area contributed by atoms with Crippen molar-refractivity contribution in [1.82, 2.24) is 5.32 Å². The molecule has 3 N–H and O–H groups in total. The Morgan fingerprint density at radius 2 is 1.10 bits per heavy atom. The number of amides is 1. The van der Waals surface area contributed by atoms with Crippen LogP contribution in [0, 0.1) is 17.8 Å². The Kier molecular flexibility index (Phi) is 22.3. The van der Waals surface area contributed by atoms with Crippen molar-refractivity contribution in [3.05, 3.63) is 0 Å². The van der Waals surface area contributed by atoms with Gasteiger partial charge in [0, 0.05) is 31.7 Å². The lowest BCUT2D eigenvalue weighted by molar-refractivity contribution is -0.144.